The fraction of sp³-hybridized carbons (Fsp3) is 0.462. The number of carbonyl (C=O) groups is 1. The van der Waals surface area contributed by atoms with E-state index in [1.165, 1.54) is 19.3 Å². The monoisotopic (exact) mass is 217 g/mol. The Morgan fingerprint density at radius 2 is 2.06 bits per heavy atom. The highest BCUT2D eigenvalue weighted by Gasteiger charge is 2.38. The van der Waals surface area contributed by atoms with Crippen LogP contribution in [0.2, 0.25) is 0 Å². The van der Waals surface area contributed by atoms with E-state index in [2.05, 4.69) is 11.0 Å². The summed E-state index contributed by atoms with van der Waals surface area (Å²) in [6, 6.07) is 8.50. The summed E-state index contributed by atoms with van der Waals surface area (Å²) in [6.45, 7) is 0.652. The Labute approximate surface area is 94.7 Å². The van der Waals surface area contributed by atoms with Crippen LogP contribution >= 0.6 is 0 Å². The average Bonchev–Trinajstić information content (AvgIpc) is 2.56. The molecule has 1 aliphatic heterocycles. The summed E-state index contributed by atoms with van der Waals surface area (Å²) in [5.41, 5.74) is 2.13. The molecule has 0 bridgehead atoms. The first-order chi connectivity index (χ1) is 7.77. The minimum absolute atomic E-state index is 0.336. The SMILES string of the molecule is O=C(O)C1CN(C2CCC2)c2ccccc21. The Bertz CT molecular complexity index is 426. The van der Waals surface area contributed by atoms with Gasteiger partial charge in [-0.1, -0.05) is 18.2 Å². The fourth-order valence-corrected chi connectivity index (χ4v) is 2.69. The molecule has 0 amide bonds. The first kappa shape index (κ1) is 9.70. The van der Waals surface area contributed by atoms with Gasteiger partial charge >= 0.3 is 5.97 Å². The van der Waals surface area contributed by atoms with Crippen molar-refractivity contribution in [1.82, 2.24) is 0 Å². The molecule has 0 saturated heterocycles. The quantitative estimate of drug-likeness (QED) is 0.825. The van der Waals surface area contributed by atoms with E-state index < -0.39 is 5.97 Å². The predicted octanol–water partition coefficient (Wildman–Crippen LogP) is 2.23. The Morgan fingerprint density at radius 1 is 1.31 bits per heavy atom. The number of rotatable bonds is 2. The molecule has 3 heteroatoms. The molecule has 1 aromatic rings. The van der Waals surface area contributed by atoms with Crippen LogP contribution in [-0.2, 0) is 4.79 Å². The van der Waals surface area contributed by atoms with E-state index in [1.807, 2.05) is 18.2 Å². The number of anilines is 1. The van der Waals surface area contributed by atoms with E-state index >= 15 is 0 Å². The molecule has 1 aliphatic carbocycles. The van der Waals surface area contributed by atoms with Gasteiger partial charge in [0.05, 0.1) is 0 Å². The molecular formula is C13H15NO2. The van der Waals surface area contributed by atoms with Crippen molar-refractivity contribution in [3.8, 4) is 0 Å². The number of carboxylic acid groups (broad SMARTS) is 1. The van der Waals surface area contributed by atoms with Crippen molar-refractivity contribution in [3.63, 3.8) is 0 Å². The summed E-state index contributed by atoms with van der Waals surface area (Å²) in [5.74, 6) is -1.04. The topological polar surface area (TPSA) is 40.5 Å². The van der Waals surface area contributed by atoms with Crippen LogP contribution in [0.15, 0.2) is 24.3 Å². The summed E-state index contributed by atoms with van der Waals surface area (Å²) in [6.07, 6.45) is 3.70. The van der Waals surface area contributed by atoms with Gasteiger partial charge in [0, 0.05) is 18.3 Å². The molecule has 84 valence electrons. The van der Waals surface area contributed by atoms with Crippen LogP contribution in [0.3, 0.4) is 0 Å². The largest absolute Gasteiger partial charge is 0.481 e. The van der Waals surface area contributed by atoms with Gasteiger partial charge in [-0.05, 0) is 30.9 Å². The number of para-hydroxylation sites is 1. The van der Waals surface area contributed by atoms with E-state index in [4.69, 9.17) is 0 Å². The predicted molar refractivity (Wildman–Crippen MR) is 61.8 cm³/mol. The molecule has 2 aliphatic rings. The van der Waals surface area contributed by atoms with Crippen LogP contribution in [0.5, 0.6) is 0 Å². The lowest BCUT2D eigenvalue weighted by atomic mass is 9.91. The lowest BCUT2D eigenvalue weighted by Gasteiger charge is -2.36. The first-order valence-electron chi connectivity index (χ1n) is 5.86. The number of benzene rings is 1. The molecule has 1 aromatic carbocycles. The summed E-state index contributed by atoms with van der Waals surface area (Å²) in [7, 11) is 0. The molecule has 3 nitrogen and oxygen atoms in total. The Hall–Kier alpha value is -1.51. The van der Waals surface area contributed by atoms with Gasteiger partial charge in [-0.3, -0.25) is 4.79 Å². The normalized spacial score (nSPS) is 24.0. The van der Waals surface area contributed by atoms with Crippen molar-refractivity contribution in [2.45, 2.75) is 31.2 Å². The second kappa shape index (κ2) is 3.51. The first-order valence-corrected chi connectivity index (χ1v) is 5.86. The zero-order valence-electron chi connectivity index (χ0n) is 9.10. The maximum absolute atomic E-state index is 11.2. The van der Waals surface area contributed by atoms with Gasteiger partial charge in [0.2, 0.25) is 0 Å². The number of nitrogens with zero attached hydrogens (tertiary/aromatic N) is 1. The number of carboxylic acids is 1. The molecule has 1 unspecified atom stereocenters. The standard InChI is InChI=1S/C13H15NO2/c15-13(16)11-8-14(9-4-3-5-9)12-7-2-1-6-10(11)12/h1-2,6-7,9,11H,3-5,8H2,(H,15,16). The lowest BCUT2D eigenvalue weighted by Crippen LogP contribution is -2.40. The van der Waals surface area contributed by atoms with E-state index in [0.717, 1.165) is 11.3 Å². The van der Waals surface area contributed by atoms with E-state index in [9.17, 15) is 9.90 Å². The molecule has 1 heterocycles. The third-order valence-corrected chi connectivity index (χ3v) is 3.81. The van der Waals surface area contributed by atoms with Crippen LogP contribution in [0.25, 0.3) is 0 Å². The van der Waals surface area contributed by atoms with Crippen LogP contribution < -0.4 is 4.90 Å². The molecule has 3 rings (SSSR count). The van der Waals surface area contributed by atoms with Crippen LogP contribution in [0.1, 0.15) is 30.7 Å². The van der Waals surface area contributed by atoms with Crippen molar-refractivity contribution < 1.29 is 9.90 Å². The number of hydrogen-bond acceptors (Lipinski definition) is 2. The maximum atomic E-state index is 11.2. The highest BCUT2D eigenvalue weighted by atomic mass is 16.4. The molecule has 0 radical (unpaired) electrons. The van der Waals surface area contributed by atoms with Crippen molar-refractivity contribution in [2.75, 3.05) is 11.4 Å². The molecule has 0 aromatic heterocycles. The van der Waals surface area contributed by atoms with Gasteiger partial charge in [-0.2, -0.15) is 0 Å². The number of aliphatic carboxylic acids is 1. The zero-order chi connectivity index (χ0) is 11.1. The van der Waals surface area contributed by atoms with E-state index in [-0.39, 0.29) is 5.92 Å². The van der Waals surface area contributed by atoms with Crippen LogP contribution in [0.4, 0.5) is 5.69 Å². The Kier molecular flexibility index (Phi) is 2.13. The summed E-state index contributed by atoms with van der Waals surface area (Å²) in [5, 5.41) is 9.22. The highest BCUT2D eigenvalue weighted by Crippen LogP contribution is 2.41. The number of hydrogen-bond donors (Lipinski definition) is 1. The number of fused-ring (bicyclic) bond motifs is 1. The molecule has 0 spiro atoms. The van der Waals surface area contributed by atoms with Gasteiger partial charge in [0.15, 0.2) is 0 Å². The van der Waals surface area contributed by atoms with Gasteiger partial charge in [-0.25, -0.2) is 0 Å². The summed E-state index contributed by atoms with van der Waals surface area (Å²) in [4.78, 5) is 13.5. The summed E-state index contributed by atoms with van der Waals surface area (Å²) >= 11 is 0. The van der Waals surface area contributed by atoms with Crippen molar-refractivity contribution >= 4 is 11.7 Å². The van der Waals surface area contributed by atoms with Crippen molar-refractivity contribution in [3.05, 3.63) is 29.8 Å². The fourth-order valence-electron chi connectivity index (χ4n) is 2.69. The second-order valence-electron chi connectivity index (χ2n) is 4.69. The van der Waals surface area contributed by atoms with Gasteiger partial charge in [0.1, 0.15) is 5.92 Å². The van der Waals surface area contributed by atoms with Gasteiger partial charge < -0.3 is 10.0 Å². The highest BCUT2D eigenvalue weighted by molar-refractivity contribution is 5.83. The third kappa shape index (κ3) is 1.31. The van der Waals surface area contributed by atoms with Gasteiger partial charge in [-0.15, -0.1) is 0 Å². The van der Waals surface area contributed by atoms with E-state index in [1.54, 1.807) is 0 Å². The van der Waals surface area contributed by atoms with Gasteiger partial charge in [0.25, 0.3) is 0 Å². The average molecular weight is 217 g/mol. The summed E-state index contributed by atoms with van der Waals surface area (Å²) < 4.78 is 0. The third-order valence-electron chi connectivity index (χ3n) is 3.81. The van der Waals surface area contributed by atoms with Crippen molar-refractivity contribution in [2.24, 2.45) is 0 Å². The van der Waals surface area contributed by atoms with Crippen LogP contribution in [-0.4, -0.2) is 23.7 Å². The molecular weight excluding hydrogens is 202 g/mol. The molecule has 1 atom stereocenters. The molecule has 1 fully saturated rings. The molecule has 1 N–H and O–H groups in total. The van der Waals surface area contributed by atoms with Crippen molar-refractivity contribution in [1.29, 1.82) is 0 Å². The Morgan fingerprint density at radius 3 is 2.69 bits per heavy atom. The second-order valence-corrected chi connectivity index (χ2v) is 4.69. The minimum Gasteiger partial charge on any atom is -0.481 e. The van der Waals surface area contributed by atoms with Crippen LogP contribution in [0, 0.1) is 0 Å². The minimum atomic E-state index is -0.700. The lowest BCUT2D eigenvalue weighted by molar-refractivity contribution is -0.138. The smallest absolute Gasteiger partial charge is 0.312 e. The zero-order valence-corrected chi connectivity index (χ0v) is 9.10. The molecule has 16 heavy (non-hydrogen) atoms. The van der Waals surface area contributed by atoms with E-state index in [0.29, 0.717) is 12.6 Å². The molecule has 1 saturated carbocycles. The Balaban J connectivity index is 1.97. The maximum Gasteiger partial charge on any atom is 0.312 e.